The summed E-state index contributed by atoms with van der Waals surface area (Å²) in [6.45, 7) is -0.128. The Hall–Kier alpha value is -1.14. The summed E-state index contributed by atoms with van der Waals surface area (Å²) in [6, 6.07) is 3.13. The number of sulfonamides is 1. The first-order valence-electron chi connectivity index (χ1n) is 4.15. The number of anilines is 1. The van der Waals surface area contributed by atoms with Crippen LogP contribution in [0.25, 0.3) is 0 Å². The molecule has 0 aliphatic heterocycles. The molecule has 14 heavy (non-hydrogen) atoms. The summed E-state index contributed by atoms with van der Waals surface area (Å²) in [5, 5.41) is 8.49. The van der Waals surface area contributed by atoms with E-state index in [9.17, 15) is 8.42 Å². The van der Waals surface area contributed by atoms with Crippen molar-refractivity contribution < 1.29 is 13.5 Å². The van der Waals surface area contributed by atoms with Crippen molar-refractivity contribution in [2.24, 2.45) is 0 Å². The zero-order valence-electron chi connectivity index (χ0n) is 7.55. The molecule has 0 radical (unpaired) electrons. The standard InChI is InChI=1S/C8H12N2O3S/c11-6-1-7-14(12,13)10-8-2-4-9-5-3-8/h2-5,11H,1,6-7H2,(H,9,10). The van der Waals surface area contributed by atoms with Gasteiger partial charge in [0.25, 0.3) is 0 Å². The van der Waals surface area contributed by atoms with E-state index in [2.05, 4.69) is 9.71 Å². The normalized spacial score (nSPS) is 11.2. The second-order valence-corrected chi connectivity index (χ2v) is 4.58. The summed E-state index contributed by atoms with van der Waals surface area (Å²) >= 11 is 0. The fraction of sp³-hybridized carbons (Fsp3) is 0.375. The molecule has 5 nitrogen and oxygen atoms in total. The lowest BCUT2D eigenvalue weighted by atomic mass is 10.4. The van der Waals surface area contributed by atoms with Crippen LogP contribution in [0.4, 0.5) is 5.69 Å². The Balaban J connectivity index is 2.60. The molecule has 0 atom stereocenters. The lowest BCUT2D eigenvalue weighted by Gasteiger charge is -2.05. The lowest BCUT2D eigenvalue weighted by Crippen LogP contribution is -2.17. The first-order chi connectivity index (χ1) is 6.64. The summed E-state index contributed by atoms with van der Waals surface area (Å²) in [5.74, 6) is -0.0776. The summed E-state index contributed by atoms with van der Waals surface area (Å²) in [7, 11) is -3.33. The molecule has 0 aliphatic rings. The fourth-order valence-corrected chi connectivity index (χ4v) is 2.01. The number of pyridine rings is 1. The Morgan fingerprint density at radius 2 is 2.00 bits per heavy atom. The number of aliphatic hydroxyl groups excluding tert-OH is 1. The number of nitrogens with one attached hydrogen (secondary N) is 1. The molecule has 1 aromatic heterocycles. The monoisotopic (exact) mass is 216 g/mol. The van der Waals surface area contributed by atoms with Crippen molar-refractivity contribution >= 4 is 15.7 Å². The van der Waals surface area contributed by atoms with Gasteiger partial charge in [0.1, 0.15) is 0 Å². The zero-order chi connectivity index (χ0) is 10.4. The van der Waals surface area contributed by atoms with Crippen molar-refractivity contribution in [3.05, 3.63) is 24.5 Å². The molecule has 0 fully saturated rings. The van der Waals surface area contributed by atoms with E-state index in [1.807, 2.05) is 0 Å². The minimum atomic E-state index is -3.33. The van der Waals surface area contributed by atoms with Crippen LogP contribution in [0.2, 0.25) is 0 Å². The Labute approximate surface area is 82.9 Å². The molecule has 0 unspecified atom stereocenters. The molecule has 1 aromatic rings. The third-order valence-corrected chi connectivity index (χ3v) is 2.90. The molecule has 0 aromatic carbocycles. The van der Waals surface area contributed by atoms with Gasteiger partial charge in [0.2, 0.25) is 10.0 Å². The van der Waals surface area contributed by atoms with Crippen LogP contribution in [0.15, 0.2) is 24.5 Å². The number of nitrogens with zero attached hydrogens (tertiary/aromatic N) is 1. The predicted octanol–water partition coefficient (Wildman–Crippen LogP) is 0.206. The Morgan fingerprint density at radius 3 is 2.57 bits per heavy atom. The fourth-order valence-electron chi connectivity index (χ4n) is 0.905. The van der Waals surface area contributed by atoms with Crippen LogP contribution in [0, 0.1) is 0 Å². The minimum absolute atomic E-state index is 0.0776. The van der Waals surface area contributed by atoms with Gasteiger partial charge < -0.3 is 5.11 Å². The van der Waals surface area contributed by atoms with E-state index in [1.54, 1.807) is 12.1 Å². The largest absolute Gasteiger partial charge is 0.396 e. The zero-order valence-corrected chi connectivity index (χ0v) is 8.37. The SMILES string of the molecule is O=S(=O)(CCCO)Nc1ccncc1. The minimum Gasteiger partial charge on any atom is -0.396 e. The summed E-state index contributed by atoms with van der Waals surface area (Å²) < 4.78 is 25.0. The third-order valence-electron chi connectivity index (χ3n) is 1.52. The van der Waals surface area contributed by atoms with Gasteiger partial charge in [0.15, 0.2) is 0 Å². The lowest BCUT2D eigenvalue weighted by molar-refractivity contribution is 0.295. The molecular formula is C8H12N2O3S. The quantitative estimate of drug-likeness (QED) is 0.737. The average molecular weight is 216 g/mol. The van der Waals surface area contributed by atoms with Crippen LogP contribution in [-0.4, -0.2) is 30.9 Å². The van der Waals surface area contributed by atoms with Gasteiger partial charge >= 0.3 is 0 Å². The van der Waals surface area contributed by atoms with Crippen LogP contribution in [0.3, 0.4) is 0 Å². The van der Waals surface area contributed by atoms with Gasteiger partial charge in [-0.25, -0.2) is 8.42 Å². The second-order valence-electron chi connectivity index (χ2n) is 2.73. The van der Waals surface area contributed by atoms with Gasteiger partial charge in [-0.1, -0.05) is 0 Å². The third kappa shape index (κ3) is 3.71. The topological polar surface area (TPSA) is 79.3 Å². The maximum absolute atomic E-state index is 11.3. The molecule has 0 aliphatic carbocycles. The molecule has 78 valence electrons. The predicted molar refractivity (Wildman–Crippen MR) is 53.3 cm³/mol. The van der Waals surface area contributed by atoms with E-state index in [0.29, 0.717) is 5.69 Å². The van der Waals surface area contributed by atoms with Crippen LogP contribution in [0.5, 0.6) is 0 Å². The van der Waals surface area contributed by atoms with E-state index in [0.717, 1.165) is 0 Å². The van der Waals surface area contributed by atoms with Gasteiger partial charge in [-0.15, -0.1) is 0 Å². The maximum atomic E-state index is 11.3. The highest BCUT2D eigenvalue weighted by atomic mass is 32.2. The van der Waals surface area contributed by atoms with E-state index in [1.165, 1.54) is 12.4 Å². The Morgan fingerprint density at radius 1 is 1.36 bits per heavy atom. The number of hydrogen-bond acceptors (Lipinski definition) is 4. The van der Waals surface area contributed by atoms with Crippen molar-refractivity contribution in [1.29, 1.82) is 0 Å². The molecule has 2 N–H and O–H groups in total. The maximum Gasteiger partial charge on any atom is 0.232 e. The highest BCUT2D eigenvalue weighted by Crippen LogP contribution is 2.06. The van der Waals surface area contributed by atoms with Crippen molar-refractivity contribution in [2.45, 2.75) is 6.42 Å². The van der Waals surface area contributed by atoms with Crippen molar-refractivity contribution in [1.82, 2.24) is 4.98 Å². The van der Waals surface area contributed by atoms with E-state index < -0.39 is 10.0 Å². The highest BCUT2D eigenvalue weighted by Gasteiger charge is 2.08. The van der Waals surface area contributed by atoms with Crippen LogP contribution in [0.1, 0.15) is 6.42 Å². The van der Waals surface area contributed by atoms with E-state index in [-0.39, 0.29) is 18.8 Å². The van der Waals surface area contributed by atoms with Crippen molar-refractivity contribution in [2.75, 3.05) is 17.1 Å². The van der Waals surface area contributed by atoms with Crippen LogP contribution >= 0.6 is 0 Å². The summed E-state index contributed by atoms with van der Waals surface area (Å²) in [5.41, 5.74) is 0.484. The molecule has 0 bridgehead atoms. The molecular weight excluding hydrogens is 204 g/mol. The Kier molecular flexibility index (Phi) is 3.84. The smallest absolute Gasteiger partial charge is 0.232 e. The van der Waals surface area contributed by atoms with E-state index in [4.69, 9.17) is 5.11 Å². The first kappa shape index (κ1) is 10.9. The van der Waals surface area contributed by atoms with Gasteiger partial charge in [-0.05, 0) is 18.6 Å². The molecule has 0 saturated carbocycles. The van der Waals surface area contributed by atoms with Crippen molar-refractivity contribution in [3.63, 3.8) is 0 Å². The van der Waals surface area contributed by atoms with Gasteiger partial charge in [-0.2, -0.15) is 0 Å². The van der Waals surface area contributed by atoms with Crippen LogP contribution in [-0.2, 0) is 10.0 Å². The van der Waals surface area contributed by atoms with Gasteiger partial charge in [0, 0.05) is 19.0 Å². The molecule has 6 heteroatoms. The molecule has 0 amide bonds. The van der Waals surface area contributed by atoms with Crippen molar-refractivity contribution in [3.8, 4) is 0 Å². The first-order valence-corrected chi connectivity index (χ1v) is 5.81. The molecule has 0 saturated heterocycles. The number of rotatable bonds is 5. The molecule has 1 rings (SSSR count). The second kappa shape index (κ2) is 4.92. The number of hydrogen-bond donors (Lipinski definition) is 2. The van der Waals surface area contributed by atoms with E-state index >= 15 is 0 Å². The number of aliphatic hydroxyl groups is 1. The van der Waals surface area contributed by atoms with Gasteiger partial charge in [0.05, 0.1) is 11.4 Å². The Bertz CT molecular complexity index is 363. The molecule has 0 spiro atoms. The molecule has 1 heterocycles. The number of aromatic nitrogens is 1. The highest BCUT2D eigenvalue weighted by molar-refractivity contribution is 7.92. The van der Waals surface area contributed by atoms with Gasteiger partial charge in [-0.3, -0.25) is 9.71 Å². The summed E-state index contributed by atoms with van der Waals surface area (Å²) in [6.07, 6.45) is 3.24. The average Bonchev–Trinajstić information content (AvgIpc) is 2.16. The summed E-state index contributed by atoms with van der Waals surface area (Å²) in [4.78, 5) is 3.76. The van der Waals surface area contributed by atoms with Crippen LogP contribution < -0.4 is 4.72 Å².